The second-order valence-corrected chi connectivity index (χ2v) is 3.71. The summed E-state index contributed by atoms with van der Waals surface area (Å²) in [6.45, 7) is 0. The van der Waals surface area contributed by atoms with Gasteiger partial charge in [-0.1, -0.05) is 0 Å². The Balaban J connectivity index is 2.31. The average molecular weight is 205 g/mol. The van der Waals surface area contributed by atoms with Crippen LogP contribution < -0.4 is 5.73 Å². The highest BCUT2D eigenvalue weighted by Gasteiger charge is 2.09. The third kappa shape index (κ3) is 0.942. The van der Waals surface area contributed by atoms with Crippen molar-refractivity contribution < 1.29 is 0 Å². The van der Waals surface area contributed by atoms with E-state index in [1.807, 2.05) is 23.7 Å². The van der Waals surface area contributed by atoms with E-state index in [-0.39, 0.29) is 0 Å². The molecule has 0 saturated carbocycles. The predicted octanol–water partition coefficient (Wildman–Crippen LogP) is 1.37. The van der Waals surface area contributed by atoms with Gasteiger partial charge in [0.1, 0.15) is 5.69 Å². The Labute approximate surface area is 83.2 Å². The highest BCUT2D eigenvalue weighted by molar-refractivity contribution is 7.15. The van der Waals surface area contributed by atoms with Gasteiger partial charge in [0.25, 0.3) is 0 Å². The van der Waals surface area contributed by atoms with E-state index in [1.165, 1.54) is 11.3 Å². The number of hydrogen-bond acceptors (Lipinski definition) is 4. The second kappa shape index (κ2) is 2.58. The molecule has 0 aromatic carbocycles. The lowest BCUT2D eigenvalue weighted by molar-refractivity contribution is 0.987. The molecule has 0 saturated heterocycles. The Morgan fingerprint density at radius 1 is 1.50 bits per heavy atom. The minimum atomic E-state index is 0.310. The predicted molar refractivity (Wildman–Crippen MR) is 55.1 cm³/mol. The molecule has 0 unspecified atom stereocenters. The number of thiazole rings is 1. The number of aromatic amines is 1. The van der Waals surface area contributed by atoms with Crippen LogP contribution in [0.3, 0.4) is 0 Å². The van der Waals surface area contributed by atoms with Crippen molar-refractivity contribution in [3.05, 3.63) is 23.7 Å². The molecular weight excluding hydrogens is 198 g/mol. The summed E-state index contributed by atoms with van der Waals surface area (Å²) in [6, 6.07) is 3.93. The molecule has 0 amide bonds. The minimum absolute atomic E-state index is 0.310. The summed E-state index contributed by atoms with van der Waals surface area (Å²) in [4.78, 5) is 8.01. The molecule has 0 radical (unpaired) electrons. The molecule has 0 aliphatic rings. The second-order valence-electron chi connectivity index (χ2n) is 2.87. The lowest BCUT2D eigenvalue weighted by Crippen LogP contribution is -1.91. The van der Waals surface area contributed by atoms with Gasteiger partial charge in [0.2, 0.25) is 10.9 Å². The first-order valence-electron chi connectivity index (χ1n) is 4.08. The number of anilines is 1. The summed E-state index contributed by atoms with van der Waals surface area (Å²) >= 11 is 1.52. The van der Waals surface area contributed by atoms with E-state index >= 15 is 0 Å². The molecule has 14 heavy (non-hydrogen) atoms. The quantitative estimate of drug-likeness (QED) is 0.630. The number of nitrogens with two attached hydrogens (primary N) is 1. The molecule has 0 bridgehead atoms. The minimum Gasteiger partial charge on any atom is -0.366 e. The Bertz CT molecular complexity index is 562. The molecule has 0 fully saturated rings. The first-order valence-corrected chi connectivity index (χ1v) is 4.96. The molecular formula is C8H7N5S. The molecule has 0 aliphatic carbocycles. The molecule has 70 valence electrons. The number of rotatable bonds is 1. The van der Waals surface area contributed by atoms with E-state index in [9.17, 15) is 0 Å². The fraction of sp³-hybridized carbons (Fsp3) is 0. The molecule has 3 rings (SSSR count). The molecule has 3 aromatic heterocycles. The van der Waals surface area contributed by atoms with Crippen LogP contribution in [0.1, 0.15) is 0 Å². The normalized spacial score (nSPS) is 11.1. The summed E-state index contributed by atoms with van der Waals surface area (Å²) < 4.78 is 1.74. The molecule has 0 spiro atoms. The van der Waals surface area contributed by atoms with Crippen molar-refractivity contribution in [2.75, 3.05) is 5.73 Å². The number of hydrogen-bond donors (Lipinski definition) is 2. The lowest BCUT2D eigenvalue weighted by atomic mass is 10.3. The maximum Gasteiger partial charge on any atom is 0.241 e. The van der Waals surface area contributed by atoms with Gasteiger partial charge in [0.15, 0.2) is 0 Å². The van der Waals surface area contributed by atoms with Crippen LogP contribution in [0.25, 0.3) is 16.3 Å². The lowest BCUT2D eigenvalue weighted by Gasteiger charge is -1.92. The van der Waals surface area contributed by atoms with Gasteiger partial charge in [0.05, 0.1) is 5.69 Å². The van der Waals surface area contributed by atoms with Crippen molar-refractivity contribution in [1.29, 1.82) is 0 Å². The zero-order chi connectivity index (χ0) is 9.54. The van der Waals surface area contributed by atoms with Crippen molar-refractivity contribution in [2.45, 2.75) is 0 Å². The van der Waals surface area contributed by atoms with Crippen LogP contribution in [0.15, 0.2) is 23.7 Å². The number of nitrogens with one attached hydrogen (secondary N) is 1. The van der Waals surface area contributed by atoms with Gasteiger partial charge in [-0.3, -0.25) is 0 Å². The standard InChI is InChI=1S/C8H7N5S/c9-7-11-8-13(12-7)6(4-14-8)5-2-1-3-10-5/h1-4,10H,(H2,9,12). The van der Waals surface area contributed by atoms with Crippen LogP contribution in [0, 0.1) is 0 Å². The fourth-order valence-corrected chi connectivity index (χ4v) is 2.20. The topological polar surface area (TPSA) is 72.0 Å². The van der Waals surface area contributed by atoms with Crippen LogP contribution in [-0.4, -0.2) is 19.6 Å². The Morgan fingerprint density at radius 3 is 3.21 bits per heavy atom. The molecule has 5 nitrogen and oxygen atoms in total. The SMILES string of the molecule is Nc1nc2scc(-c3ccc[nH]3)n2n1. The molecule has 0 atom stereocenters. The van der Waals surface area contributed by atoms with Gasteiger partial charge in [-0.2, -0.15) is 9.50 Å². The van der Waals surface area contributed by atoms with Gasteiger partial charge in [-0.15, -0.1) is 16.4 Å². The first kappa shape index (κ1) is 7.57. The van der Waals surface area contributed by atoms with E-state index in [2.05, 4.69) is 15.1 Å². The Kier molecular flexibility index (Phi) is 1.40. The number of H-pyrrole nitrogens is 1. The molecule has 3 aromatic rings. The van der Waals surface area contributed by atoms with Crippen LogP contribution in [-0.2, 0) is 0 Å². The van der Waals surface area contributed by atoms with E-state index < -0.39 is 0 Å². The number of nitrogen functional groups attached to an aromatic ring is 1. The Hall–Kier alpha value is -1.82. The van der Waals surface area contributed by atoms with Crippen molar-refractivity contribution in [1.82, 2.24) is 19.6 Å². The van der Waals surface area contributed by atoms with E-state index in [4.69, 9.17) is 5.73 Å². The zero-order valence-corrected chi connectivity index (χ0v) is 7.95. The fourth-order valence-electron chi connectivity index (χ4n) is 1.37. The molecule has 6 heteroatoms. The van der Waals surface area contributed by atoms with E-state index in [1.54, 1.807) is 4.52 Å². The van der Waals surface area contributed by atoms with Gasteiger partial charge < -0.3 is 10.7 Å². The number of fused-ring (bicyclic) bond motifs is 1. The third-order valence-electron chi connectivity index (χ3n) is 1.97. The highest BCUT2D eigenvalue weighted by atomic mass is 32.1. The van der Waals surface area contributed by atoms with Gasteiger partial charge in [-0.05, 0) is 12.1 Å². The molecule has 0 aliphatic heterocycles. The van der Waals surface area contributed by atoms with Crippen molar-refractivity contribution in [3.63, 3.8) is 0 Å². The first-order chi connectivity index (χ1) is 6.84. The van der Waals surface area contributed by atoms with Crippen molar-refractivity contribution in [2.24, 2.45) is 0 Å². The van der Waals surface area contributed by atoms with E-state index in [0.29, 0.717) is 5.95 Å². The zero-order valence-electron chi connectivity index (χ0n) is 7.14. The van der Waals surface area contributed by atoms with Gasteiger partial charge in [-0.25, -0.2) is 0 Å². The smallest absolute Gasteiger partial charge is 0.241 e. The summed E-state index contributed by atoms with van der Waals surface area (Å²) in [7, 11) is 0. The monoisotopic (exact) mass is 205 g/mol. The van der Waals surface area contributed by atoms with Gasteiger partial charge >= 0.3 is 0 Å². The summed E-state index contributed by atoms with van der Waals surface area (Å²) in [5.41, 5.74) is 7.51. The van der Waals surface area contributed by atoms with Crippen LogP contribution in [0.4, 0.5) is 5.95 Å². The van der Waals surface area contributed by atoms with Gasteiger partial charge in [0, 0.05) is 11.6 Å². The van der Waals surface area contributed by atoms with Crippen LogP contribution in [0.5, 0.6) is 0 Å². The van der Waals surface area contributed by atoms with Crippen molar-refractivity contribution in [3.8, 4) is 11.4 Å². The number of nitrogens with zero attached hydrogens (tertiary/aromatic N) is 3. The number of aromatic nitrogens is 4. The summed E-state index contributed by atoms with van der Waals surface area (Å²) in [5, 5.41) is 6.10. The largest absolute Gasteiger partial charge is 0.366 e. The molecule has 3 heterocycles. The Morgan fingerprint density at radius 2 is 2.43 bits per heavy atom. The highest BCUT2D eigenvalue weighted by Crippen LogP contribution is 2.23. The van der Waals surface area contributed by atoms with Crippen LogP contribution in [0.2, 0.25) is 0 Å². The summed E-state index contributed by atoms with van der Waals surface area (Å²) in [5.74, 6) is 0.310. The summed E-state index contributed by atoms with van der Waals surface area (Å²) in [6.07, 6.45) is 1.87. The third-order valence-corrected chi connectivity index (χ3v) is 2.79. The maximum atomic E-state index is 5.51. The van der Waals surface area contributed by atoms with Crippen molar-refractivity contribution >= 4 is 22.2 Å². The van der Waals surface area contributed by atoms with E-state index in [0.717, 1.165) is 16.3 Å². The maximum absolute atomic E-state index is 5.51. The van der Waals surface area contributed by atoms with Crippen LogP contribution >= 0.6 is 11.3 Å². The average Bonchev–Trinajstić information content (AvgIpc) is 2.77. The molecule has 3 N–H and O–H groups in total.